The molecule has 0 spiro atoms. The highest BCUT2D eigenvalue weighted by atomic mass is 16.4. The van der Waals surface area contributed by atoms with Crippen molar-refractivity contribution in [3.05, 3.63) is 71.3 Å². The molecule has 1 N–H and O–H groups in total. The van der Waals surface area contributed by atoms with Crippen LogP contribution in [0.1, 0.15) is 54.7 Å². The molecule has 1 fully saturated rings. The number of hydrogen-bond acceptors (Lipinski definition) is 2. The van der Waals surface area contributed by atoms with Gasteiger partial charge in [0.05, 0.1) is 5.41 Å². The van der Waals surface area contributed by atoms with Crippen LogP contribution < -0.4 is 0 Å². The van der Waals surface area contributed by atoms with Gasteiger partial charge in [-0.15, -0.1) is 0 Å². The first kappa shape index (κ1) is 18.7. The molecular weight excluding hydrogens is 350 g/mol. The number of nitrogens with zero attached hydrogens (tertiary/aromatic N) is 1. The number of fused-ring (bicyclic) bond motifs is 1. The molecule has 1 amide bonds. The number of hydrogen-bond donors (Lipinski definition) is 1. The second-order valence-electron chi connectivity index (χ2n) is 8.13. The third-order valence-electron chi connectivity index (χ3n) is 6.62. The van der Waals surface area contributed by atoms with E-state index in [-0.39, 0.29) is 11.8 Å². The molecule has 2 aliphatic rings. The van der Waals surface area contributed by atoms with Gasteiger partial charge in [0.1, 0.15) is 0 Å². The number of carbonyl (C=O) groups excluding carboxylic acids is 1. The van der Waals surface area contributed by atoms with E-state index in [1.165, 1.54) is 11.1 Å². The molecule has 1 aliphatic carbocycles. The second kappa shape index (κ2) is 7.78. The van der Waals surface area contributed by atoms with Crippen LogP contribution in [0.3, 0.4) is 0 Å². The highest BCUT2D eigenvalue weighted by Crippen LogP contribution is 2.38. The lowest BCUT2D eigenvalue weighted by Crippen LogP contribution is -2.49. The number of amides is 1. The van der Waals surface area contributed by atoms with Crippen molar-refractivity contribution in [2.45, 2.75) is 49.9 Å². The molecule has 4 rings (SSSR count). The number of benzene rings is 2. The summed E-state index contributed by atoms with van der Waals surface area (Å²) in [6, 6.07) is 17.9. The molecule has 146 valence electrons. The predicted octanol–water partition coefficient (Wildman–Crippen LogP) is 4.14. The van der Waals surface area contributed by atoms with E-state index in [4.69, 9.17) is 0 Å². The molecule has 4 nitrogen and oxygen atoms in total. The molecule has 1 unspecified atom stereocenters. The van der Waals surface area contributed by atoms with E-state index in [9.17, 15) is 14.7 Å². The zero-order valence-corrected chi connectivity index (χ0v) is 16.1. The molecule has 1 saturated heterocycles. The molecule has 0 radical (unpaired) electrons. The van der Waals surface area contributed by atoms with Crippen LogP contribution in [0.15, 0.2) is 54.6 Å². The lowest BCUT2D eigenvalue weighted by molar-refractivity contribution is -0.148. The number of rotatable bonds is 4. The number of carbonyl (C=O) groups is 2. The van der Waals surface area contributed by atoms with Gasteiger partial charge in [-0.25, -0.2) is 0 Å². The highest BCUT2D eigenvalue weighted by Gasteiger charge is 2.44. The van der Waals surface area contributed by atoms with Gasteiger partial charge < -0.3 is 10.0 Å². The Labute approximate surface area is 166 Å². The summed E-state index contributed by atoms with van der Waals surface area (Å²) in [5.74, 6) is -0.335. The first-order valence-electron chi connectivity index (χ1n) is 10.2. The topological polar surface area (TPSA) is 57.6 Å². The van der Waals surface area contributed by atoms with Gasteiger partial charge in [-0.3, -0.25) is 9.59 Å². The zero-order valence-electron chi connectivity index (χ0n) is 16.1. The van der Waals surface area contributed by atoms with E-state index in [0.29, 0.717) is 32.4 Å². The van der Waals surface area contributed by atoms with Gasteiger partial charge in [-0.1, -0.05) is 54.6 Å². The third kappa shape index (κ3) is 3.44. The highest BCUT2D eigenvalue weighted by molar-refractivity contribution is 5.83. The Bertz CT molecular complexity index is 853. The Morgan fingerprint density at radius 1 is 1.00 bits per heavy atom. The van der Waals surface area contributed by atoms with E-state index < -0.39 is 11.4 Å². The number of aliphatic carboxylic acids is 1. The van der Waals surface area contributed by atoms with E-state index in [2.05, 4.69) is 24.3 Å². The first-order valence-corrected chi connectivity index (χ1v) is 10.2. The maximum atomic E-state index is 13.0. The van der Waals surface area contributed by atoms with Crippen molar-refractivity contribution < 1.29 is 14.7 Å². The van der Waals surface area contributed by atoms with E-state index in [1.54, 1.807) is 0 Å². The van der Waals surface area contributed by atoms with Crippen molar-refractivity contribution in [1.29, 1.82) is 0 Å². The summed E-state index contributed by atoms with van der Waals surface area (Å²) >= 11 is 0. The van der Waals surface area contributed by atoms with Gasteiger partial charge in [0.15, 0.2) is 0 Å². The molecular formula is C24H27NO3. The van der Waals surface area contributed by atoms with Crippen molar-refractivity contribution in [3.8, 4) is 0 Å². The number of carboxylic acid groups (broad SMARTS) is 1. The third-order valence-corrected chi connectivity index (χ3v) is 6.62. The maximum Gasteiger partial charge on any atom is 0.314 e. The summed E-state index contributed by atoms with van der Waals surface area (Å²) in [6.07, 6.45) is 4.76. The number of likely N-dealkylation sites (tertiary alicyclic amines) is 1. The fourth-order valence-electron chi connectivity index (χ4n) is 4.93. The average Bonchev–Trinajstić information content (AvgIpc) is 2.74. The van der Waals surface area contributed by atoms with Crippen molar-refractivity contribution in [2.24, 2.45) is 0 Å². The molecule has 1 atom stereocenters. The van der Waals surface area contributed by atoms with Crippen LogP contribution in [-0.4, -0.2) is 35.0 Å². The largest absolute Gasteiger partial charge is 0.481 e. The molecule has 4 heteroatoms. The number of carboxylic acids is 1. The monoisotopic (exact) mass is 377 g/mol. The Balaban J connectivity index is 1.44. The Morgan fingerprint density at radius 2 is 1.68 bits per heavy atom. The van der Waals surface area contributed by atoms with E-state index in [0.717, 1.165) is 24.8 Å². The molecule has 28 heavy (non-hydrogen) atoms. The SMILES string of the molecule is O=C(CC1CCCc2ccccc21)N1CCC(C(=O)O)(c2ccccc2)CC1. The van der Waals surface area contributed by atoms with Crippen molar-refractivity contribution in [2.75, 3.05) is 13.1 Å². The van der Waals surface area contributed by atoms with Crippen molar-refractivity contribution >= 4 is 11.9 Å². The molecule has 2 aromatic rings. The van der Waals surface area contributed by atoms with Gasteiger partial charge in [-0.05, 0) is 54.7 Å². The van der Waals surface area contributed by atoms with Crippen LogP contribution in [-0.2, 0) is 21.4 Å². The predicted molar refractivity (Wildman–Crippen MR) is 108 cm³/mol. The van der Waals surface area contributed by atoms with Crippen molar-refractivity contribution in [3.63, 3.8) is 0 Å². The summed E-state index contributed by atoms with van der Waals surface area (Å²) in [4.78, 5) is 27.0. The van der Waals surface area contributed by atoms with Crippen LogP contribution in [0.4, 0.5) is 0 Å². The fourth-order valence-corrected chi connectivity index (χ4v) is 4.93. The van der Waals surface area contributed by atoms with Crippen molar-refractivity contribution in [1.82, 2.24) is 4.90 Å². The summed E-state index contributed by atoms with van der Waals surface area (Å²) in [5.41, 5.74) is 2.66. The van der Waals surface area contributed by atoms with Crippen LogP contribution >= 0.6 is 0 Å². The first-order chi connectivity index (χ1) is 13.6. The molecule has 2 aromatic carbocycles. The standard InChI is InChI=1S/C24H27NO3/c26-22(17-19-9-6-8-18-7-4-5-12-21(18)19)25-15-13-24(14-16-25,23(27)28)20-10-2-1-3-11-20/h1-5,7,10-12,19H,6,8-9,13-17H2,(H,27,28). The summed E-state index contributed by atoms with van der Waals surface area (Å²) < 4.78 is 0. The molecule has 0 bridgehead atoms. The summed E-state index contributed by atoms with van der Waals surface area (Å²) in [5, 5.41) is 9.93. The van der Waals surface area contributed by atoms with Crippen LogP contribution in [0.25, 0.3) is 0 Å². The van der Waals surface area contributed by atoms with Gasteiger partial charge >= 0.3 is 5.97 Å². The van der Waals surface area contributed by atoms with E-state index >= 15 is 0 Å². The maximum absolute atomic E-state index is 13.0. The second-order valence-corrected chi connectivity index (χ2v) is 8.13. The normalized spacial score (nSPS) is 21.0. The van der Waals surface area contributed by atoms with Crippen LogP contribution in [0.5, 0.6) is 0 Å². The van der Waals surface area contributed by atoms with Gasteiger partial charge in [-0.2, -0.15) is 0 Å². The number of piperidine rings is 1. The minimum Gasteiger partial charge on any atom is -0.481 e. The minimum absolute atomic E-state index is 0.161. The van der Waals surface area contributed by atoms with E-state index in [1.807, 2.05) is 35.2 Å². The molecule has 0 saturated carbocycles. The Morgan fingerprint density at radius 3 is 2.39 bits per heavy atom. The number of aryl methyl sites for hydroxylation is 1. The minimum atomic E-state index is -0.879. The summed E-state index contributed by atoms with van der Waals surface area (Å²) in [7, 11) is 0. The molecule has 1 aliphatic heterocycles. The van der Waals surface area contributed by atoms with Crippen LogP contribution in [0, 0.1) is 0 Å². The lowest BCUT2D eigenvalue weighted by atomic mass is 9.72. The summed E-state index contributed by atoms with van der Waals surface area (Å²) in [6.45, 7) is 1.02. The molecule has 1 heterocycles. The van der Waals surface area contributed by atoms with Gasteiger partial charge in [0, 0.05) is 19.5 Å². The van der Waals surface area contributed by atoms with Gasteiger partial charge in [0.25, 0.3) is 0 Å². The smallest absolute Gasteiger partial charge is 0.314 e. The zero-order chi connectivity index (χ0) is 19.6. The Kier molecular flexibility index (Phi) is 5.21. The molecule has 0 aromatic heterocycles. The lowest BCUT2D eigenvalue weighted by Gasteiger charge is -2.40. The Hall–Kier alpha value is -2.62. The van der Waals surface area contributed by atoms with Crippen LogP contribution in [0.2, 0.25) is 0 Å². The average molecular weight is 377 g/mol. The quantitative estimate of drug-likeness (QED) is 0.871. The fraction of sp³-hybridized carbons (Fsp3) is 0.417. The van der Waals surface area contributed by atoms with Gasteiger partial charge in [0.2, 0.25) is 5.91 Å².